The summed E-state index contributed by atoms with van der Waals surface area (Å²) in [6, 6.07) is 10.5. The molecule has 2 aliphatic rings. The van der Waals surface area contributed by atoms with E-state index in [-0.39, 0.29) is 17.6 Å². The Kier molecular flexibility index (Phi) is 9.23. The van der Waals surface area contributed by atoms with Crippen LogP contribution in [-0.4, -0.2) is 40.4 Å². The van der Waals surface area contributed by atoms with E-state index in [1.54, 1.807) is 30.3 Å². The number of hydrogen-bond acceptors (Lipinski definition) is 6. The molecule has 0 bridgehead atoms. The van der Waals surface area contributed by atoms with E-state index in [1.165, 1.54) is 17.7 Å². The molecule has 2 heterocycles. The summed E-state index contributed by atoms with van der Waals surface area (Å²) in [6.45, 7) is 14.0. The van der Waals surface area contributed by atoms with E-state index in [4.69, 9.17) is 4.99 Å². The number of rotatable bonds is 9. The normalized spacial score (nSPS) is 20.4. The molecule has 1 aromatic heterocycles. The first-order valence-electron chi connectivity index (χ1n) is 13.7. The van der Waals surface area contributed by atoms with Crippen LogP contribution >= 0.6 is 11.9 Å². The molecule has 1 aliphatic carbocycles. The molecule has 206 valence electrons. The van der Waals surface area contributed by atoms with E-state index in [0.717, 1.165) is 52.4 Å². The van der Waals surface area contributed by atoms with Crippen molar-refractivity contribution >= 4 is 29.6 Å². The minimum atomic E-state index is -0.704. The number of nitrogens with zero attached hydrogens (tertiary/aromatic N) is 3. The number of Topliss-reactive ketones (excluding diaryl/α,β-unsaturated/α-hetero) is 1. The van der Waals surface area contributed by atoms with Gasteiger partial charge < -0.3 is 5.32 Å². The number of aryl methyl sites for hydroxylation is 1. The van der Waals surface area contributed by atoms with E-state index in [9.17, 15) is 9.18 Å². The minimum absolute atomic E-state index is 0.0648. The molecule has 1 saturated heterocycles. The summed E-state index contributed by atoms with van der Waals surface area (Å²) >= 11 is 1.70. The molecule has 7 heteroatoms. The van der Waals surface area contributed by atoms with Crippen LogP contribution in [0, 0.1) is 18.2 Å². The lowest BCUT2D eigenvalue weighted by molar-refractivity contribution is 0.0773. The summed E-state index contributed by atoms with van der Waals surface area (Å²) < 4.78 is 15.8. The van der Waals surface area contributed by atoms with Crippen molar-refractivity contribution < 1.29 is 9.18 Å². The van der Waals surface area contributed by atoms with Gasteiger partial charge in [0.05, 0.1) is 5.41 Å². The third-order valence-electron chi connectivity index (χ3n) is 7.50. The Bertz CT molecular complexity index is 1340. The number of anilines is 1. The second kappa shape index (κ2) is 12.4. The van der Waals surface area contributed by atoms with Crippen LogP contribution in [0.4, 0.5) is 10.1 Å². The number of allylic oxidation sites excluding steroid dienone is 4. The molecule has 0 saturated carbocycles. The number of pyridine rings is 1. The second-order valence-corrected chi connectivity index (χ2v) is 12.0. The Labute approximate surface area is 236 Å². The Morgan fingerprint density at radius 1 is 1.26 bits per heavy atom. The number of fused-ring (bicyclic) bond motifs is 1. The van der Waals surface area contributed by atoms with Crippen LogP contribution in [0.1, 0.15) is 69.9 Å². The molecule has 1 fully saturated rings. The van der Waals surface area contributed by atoms with E-state index in [1.807, 2.05) is 25.3 Å². The maximum atomic E-state index is 14.3. The molecule has 1 aliphatic heterocycles. The first-order valence-corrected chi connectivity index (χ1v) is 14.4. The van der Waals surface area contributed by atoms with Crippen LogP contribution in [0.15, 0.2) is 81.0 Å². The number of nitrogens with one attached hydrogen (secondary N) is 1. The quantitative estimate of drug-likeness (QED) is 0.197. The van der Waals surface area contributed by atoms with Crippen molar-refractivity contribution in [2.24, 2.45) is 10.4 Å². The molecule has 2 aromatic rings. The molecule has 4 rings (SSSR count). The summed E-state index contributed by atoms with van der Waals surface area (Å²) in [5, 5.41) is 3.45. The van der Waals surface area contributed by atoms with Crippen LogP contribution in [0.25, 0.3) is 0 Å². The van der Waals surface area contributed by atoms with Crippen molar-refractivity contribution in [2.45, 2.75) is 66.8 Å². The number of halogens is 1. The molecule has 5 nitrogen and oxygen atoms in total. The highest BCUT2D eigenvalue weighted by Gasteiger charge is 2.48. The van der Waals surface area contributed by atoms with E-state index < -0.39 is 5.41 Å². The molecule has 0 amide bonds. The molecule has 0 spiro atoms. The van der Waals surface area contributed by atoms with Gasteiger partial charge in [0.15, 0.2) is 5.78 Å². The number of benzene rings is 1. The SMILES string of the molecule is CCC(C)N=CC(SN1CCC2=CC(Nc3ccc(F)cc3)=C(C)CC2(C(=O)c2cc(C)ccn2)C1)=C(C)C. The predicted molar refractivity (Wildman–Crippen MR) is 162 cm³/mol. The highest BCUT2D eigenvalue weighted by Crippen LogP contribution is 2.48. The first kappa shape index (κ1) is 29.0. The van der Waals surface area contributed by atoms with Crippen molar-refractivity contribution in [3.8, 4) is 0 Å². The Hall–Kier alpha value is -3.03. The molecule has 39 heavy (non-hydrogen) atoms. The number of aliphatic imine (C=N–C) groups is 1. The van der Waals surface area contributed by atoms with Crippen LogP contribution in [-0.2, 0) is 0 Å². The van der Waals surface area contributed by atoms with Crippen molar-refractivity contribution in [3.05, 3.63) is 93.1 Å². The topological polar surface area (TPSA) is 57.6 Å². The second-order valence-electron chi connectivity index (χ2n) is 10.9. The van der Waals surface area contributed by atoms with E-state index in [0.29, 0.717) is 18.7 Å². The van der Waals surface area contributed by atoms with Gasteiger partial charge in [-0.1, -0.05) is 18.1 Å². The van der Waals surface area contributed by atoms with Gasteiger partial charge in [-0.25, -0.2) is 8.70 Å². The monoisotopic (exact) mass is 546 g/mol. The summed E-state index contributed by atoms with van der Waals surface area (Å²) in [5.74, 6) is -0.201. The Morgan fingerprint density at radius 3 is 2.67 bits per heavy atom. The van der Waals surface area contributed by atoms with E-state index in [2.05, 4.69) is 55.3 Å². The fourth-order valence-electron chi connectivity index (χ4n) is 4.99. The average Bonchev–Trinajstić information content (AvgIpc) is 2.91. The number of aromatic nitrogens is 1. The number of carbonyl (C=O) groups is 1. The zero-order valence-electron chi connectivity index (χ0n) is 23.8. The summed E-state index contributed by atoms with van der Waals surface area (Å²) in [7, 11) is 0. The van der Waals surface area contributed by atoms with Gasteiger partial charge in [0.1, 0.15) is 11.5 Å². The highest BCUT2D eigenvalue weighted by molar-refractivity contribution is 8.01. The maximum absolute atomic E-state index is 14.3. The highest BCUT2D eigenvalue weighted by atomic mass is 32.2. The summed E-state index contributed by atoms with van der Waals surface area (Å²) in [4.78, 5) is 24.7. The standard InChI is InChI=1S/C32H39FN4OS/c1-7-24(6)35-19-30(21(2)3)39-37-15-13-25-17-28(36-27-10-8-26(33)9-11-27)23(5)18-32(25,20-37)31(38)29-16-22(4)12-14-34-29/h8-12,14,16-17,19,24,36H,7,13,15,18,20H2,1-6H3. The first-order chi connectivity index (χ1) is 18.6. The Morgan fingerprint density at radius 2 is 2.00 bits per heavy atom. The molecule has 0 radical (unpaired) electrons. The summed E-state index contributed by atoms with van der Waals surface area (Å²) in [5.41, 5.74) is 6.05. The lowest BCUT2D eigenvalue weighted by Crippen LogP contribution is -2.49. The van der Waals surface area contributed by atoms with Gasteiger partial charge in [-0.05, 0) is 119 Å². The van der Waals surface area contributed by atoms with Gasteiger partial charge in [-0.3, -0.25) is 14.8 Å². The lowest BCUT2D eigenvalue weighted by atomic mass is 9.65. The fraction of sp³-hybridized carbons (Fsp3) is 0.406. The van der Waals surface area contributed by atoms with Crippen molar-refractivity contribution in [3.63, 3.8) is 0 Å². The molecular weight excluding hydrogens is 507 g/mol. The van der Waals surface area contributed by atoms with Crippen molar-refractivity contribution in [2.75, 3.05) is 18.4 Å². The zero-order chi connectivity index (χ0) is 28.2. The van der Waals surface area contributed by atoms with Gasteiger partial charge >= 0.3 is 0 Å². The van der Waals surface area contributed by atoms with Gasteiger partial charge in [0.2, 0.25) is 0 Å². The molecule has 1 aromatic carbocycles. The third-order valence-corrected chi connectivity index (χ3v) is 8.78. The smallest absolute Gasteiger partial charge is 0.192 e. The summed E-state index contributed by atoms with van der Waals surface area (Å²) in [6.07, 6.45) is 8.22. The van der Waals surface area contributed by atoms with Crippen LogP contribution in [0.5, 0.6) is 0 Å². The van der Waals surface area contributed by atoms with Gasteiger partial charge in [-0.15, -0.1) is 0 Å². The van der Waals surface area contributed by atoms with Gasteiger partial charge in [0, 0.05) is 47.8 Å². The number of hydrogen-bond donors (Lipinski definition) is 1. The third kappa shape index (κ3) is 6.76. The van der Waals surface area contributed by atoms with Crippen LogP contribution in [0.2, 0.25) is 0 Å². The number of piperidine rings is 1. The zero-order valence-corrected chi connectivity index (χ0v) is 24.7. The fourth-order valence-corrected chi connectivity index (χ4v) is 6.02. The Balaban J connectivity index is 1.67. The molecule has 2 atom stereocenters. The predicted octanol–water partition coefficient (Wildman–Crippen LogP) is 7.93. The van der Waals surface area contributed by atoms with Gasteiger partial charge in [0.25, 0.3) is 0 Å². The molecule has 2 unspecified atom stereocenters. The lowest BCUT2D eigenvalue weighted by Gasteiger charge is -2.45. The number of ketones is 1. The van der Waals surface area contributed by atoms with Crippen molar-refractivity contribution in [1.82, 2.24) is 9.29 Å². The van der Waals surface area contributed by atoms with Gasteiger partial charge in [-0.2, -0.15) is 0 Å². The minimum Gasteiger partial charge on any atom is -0.356 e. The largest absolute Gasteiger partial charge is 0.356 e. The van der Waals surface area contributed by atoms with E-state index >= 15 is 0 Å². The molecular formula is C32H39FN4OS. The van der Waals surface area contributed by atoms with Crippen LogP contribution < -0.4 is 5.32 Å². The average molecular weight is 547 g/mol. The van der Waals surface area contributed by atoms with Crippen LogP contribution in [0.3, 0.4) is 0 Å². The van der Waals surface area contributed by atoms with Crippen molar-refractivity contribution in [1.29, 1.82) is 0 Å². The number of carbonyl (C=O) groups excluding carboxylic acids is 1. The molecule has 1 N–H and O–H groups in total. The maximum Gasteiger partial charge on any atom is 0.192 e.